The number of hydrogen-bond donors (Lipinski definition) is 1. The van der Waals surface area contributed by atoms with Crippen LogP contribution in [0.4, 0.5) is 5.69 Å². The van der Waals surface area contributed by atoms with Crippen LogP contribution < -0.4 is 5.73 Å². The van der Waals surface area contributed by atoms with Gasteiger partial charge in [0, 0.05) is 5.69 Å². The molecule has 0 fully saturated rings. The van der Waals surface area contributed by atoms with Crippen molar-refractivity contribution in [1.82, 2.24) is 0 Å². The number of nitrogen functional groups attached to an aromatic ring is 1. The van der Waals surface area contributed by atoms with E-state index in [0.29, 0.717) is 0 Å². The first-order valence-electron chi connectivity index (χ1n) is 6.76. The van der Waals surface area contributed by atoms with Crippen LogP contribution in [0.5, 0.6) is 0 Å². The van der Waals surface area contributed by atoms with Gasteiger partial charge in [0.1, 0.15) is 0 Å². The molecule has 0 unspecified atom stereocenters. The molecule has 98 valence electrons. The molecule has 3 aromatic rings. The third-order valence-electron chi connectivity index (χ3n) is 3.58. The molecule has 0 bridgehead atoms. The van der Waals surface area contributed by atoms with Crippen molar-refractivity contribution in [3.05, 3.63) is 78.4 Å². The Hall–Kier alpha value is -2.54. The topological polar surface area (TPSA) is 26.0 Å². The van der Waals surface area contributed by atoms with Gasteiger partial charge in [0.05, 0.1) is 0 Å². The van der Waals surface area contributed by atoms with E-state index in [1.165, 1.54) is 16.7 Å². The van der Waals surface area contributed by atoms with Crippen molar-refractivity contribution in [2.24, 2.45) is 0 Å². The van der Waals surface area contributed by atoms with E-state index >= 15 is 0 Å². The van der Waals surface area contributed by atoms with Crippen molar-refractivity contribution in [3.8, 4) is 22.3 Å². The lowest BCUT2D eigenvalue weighted by Gasteiger charge is -2.08. The highest BCUT2D eigenvalue weighted by Gasteiger charge is 2.03. The van der Waals surface area contributed by atoms with E-state index in [1.54, 1.807) is 0 Å². The molecule has 2 N–H and O–H groups in total. The van der Waals surface area contributed by atoms with Crippen molar-refractivity contribution < 1.29 is 0 Å². The van der Waals surface area contributed by atoms with Crippen LogP contribution in [0.2, 0.25) is 0 Å². The lowest BCUT2D eigenvalue weighted by Crippen LogP contribution is -1.90. The van der Waals surface area contributed by atoms with E-state index in [-0.39, 0.29) is 0 Å². The van der Waals surface area contributed by atoms with Crippen molar-refractivity contribution in [3.63, 3.8) is 0 Å². The van der Waals surface area contributed by atoms with Gasteiger partial charge >= 0.3 is 0 Å². The molecule has 0 heterocycles. The Morgan fingerprint density at radius 1 is 0.600 bits per heavy atom. The third kappa shape index (κ3) is 2.43. The van der Waals surface area contributed by atoms with Crippen LogP contribution >= 0.6 is 0 Å². The molecule has 0 radical (unpaired) electrons. The zero-order valence-electron chi connectivity index (χ0n) is 11.5. The van der Waals surface area contributed by atoms with E-state index in [9.17, 15) is 0 Å². The van der Waals surface area contributed by atoms with Crippen LogP contribution in [-0.2, 0) is 0 Å². The number of nitrogens with two attached hydrogens (primary N) is 1. The van der Waals surface area contributed by atoms with Gasteiger partial charge in [0.2, 0.25) is 0 Å². The average Bonchev–Trinajstić information content (AvgIpc) is 2.51. The monoisotopic (exact) mass is 259 g/mol. The Labute approximate surface area is 119 Å². The van der Waals surface area contributed by atoms with Crippen molar-refractivity contribution in [2.45, 2.75) is 6.92 Å². The molecular formula is C19H17N. The molecule has 3 rings (SSSR count). The molecule has 20 heavy (non-hydrogen) atoms. The standard InChI is InChI=1S/C19H17N/c1-14-10-11-18(13-19(14)20)17-9-5-8-16(12-17)15-6-3-2-4-7-15/h2-13H,20H2,1H3. The minimum atomic E-state index is 0.840. The average molecular weight is 259 g/mol. The van der Waals surface area contributed by atoms with Gasteiger partial charge in [-0.25, -0.2) is 0 Å². The van der Waals surface area contributed by atoms with Crippen LogP contribution in [0.25, 0.3) is 22.3 Å². The first-order chi connectivity index (χ1) is 9.74. The van der Waals surface area contributed by atoms with Crippen LogP contribution in [0.15, 0.2) is 72.8 Å². The summed E-state index contributed by atoms with van der Waals surface area (Å²) in [6.07, 6.45) is 0. The highest BCUT2D eigenvalue weighted by Crippen LogP contribution is 2.28. The maximum atomic E-state index is 6.01. The Bertz CT molecular complexity index is 730. The molecule has 0 saturated carbocycles. The first kappa shape index (κ1) is 12.5. The van der Waals surface area contributed by atoms with E-state index in [4.69, 9.17) is 5.73 Å². The number of aryl methyl sites for hydroxylation is 1. The third-order valence-corrected chi connectivity index (χ3v) is 3.58. The molecular weight excluding hydrogens is 242 g/mol. The second-order valence-corrected chi connectivity index (χ2v) is 5.02. The predicted molar refractivity (Wildman–Crippen MR) is 86.5 cm³/mol. The summed E-state index contributed by atoms with van der Waals surface area (Å²) in [4.78, 5) is 0. The van der Waals surface area contributed by atoms with Gasteiger partial charge in [-0.3, -0.25) is 0 Å². The molecule has 0 aliphatic carbocycles. The molecule has 1 nitrogen and oxygen atoms in total. The summed E-state index contributed by atoms with van der Waals surface area (Å²) in [6.45, 7) is 2.03. The Kier molecular flexibility index (Phi) is 3.26. The molecule has 0 aliphatic rings. The van der Waals surface area contributed by atoms with Crippen molar-refractivity contribution in [2.75, 3.05) is 5.73 Å². The lowest BCUT2D eigenvalue weighted by molar-refractivity contribution is 1.47. The van der Waals surface area contributed by atoms with Gasteiger partial charge in [-0.2, -0.15) is 0 Å². The van der Waals surface area contributed by atoms with Crippen LogP contribution in [-0.4, -0.2) is 0 Å². The van der Waals surface area contributed by atoms with Crippen molar-refractivity contribution in [1.29, 1.82) is 0 Å². The van der Waals surface area contributed by atoms with Crippen molar-refractivity contribution >= 4 is 5.69 Å². The molecule has 0 aromatic heterocycles. The Morgan fingerprint density at radius 3 is 1.90 bits per heavy atom. The second kappa shape index (κ2) is 5.22. The van der Waals surface area contributed by atoms with Crippen LogP contribution in [0.3, 0.4) is 0 Å². The normalized spacial score (nSPS) is 10.4. The number of benzene rings is 3. The molecule has 0 atom stereocenters. The lowest BCUT2D eigenvalue weighted by atomic mass is 9.98. The summed E-state index contributed by atoms with van der Waals surface area (Å²) in [6, 6.07) is 25.2. The molecule has 0 amide bonds. The fraction of sp³-hybridized carbons (Fsp3) is 0.0526. The quantitative estimate of drug-likeness (QED) is 0.650. The molecule has 1 heteroatoms. The van der Waals surface area contributed by atoms with Gasteiger partial charge in [-0.05, 0) is 46.9 Å². The summed E-state index contributed by atoms with van der Waals surface area (Å²) >= 11 is 0. The molecule has 0 spiro atoms. The van der Waals surface area contributed by atoms with Gasteiger partial charge in [-0.1, -0.05) is 60.7 Å². The van der Waals surface area contributed by atoms with Gasteiger partial charge in [0.15, 0.2) is 0 Å². The number of hydrogen-bond acceptors (Lipinski definition) is 1. The summed E-state index contributed by atoms with van der Waals surface area (Å²) in [5, 5.41) is 0. The Morgan fingerprint density at radius 2 is 1.20 bits per heavy atom. The fourth-order valence-corrected chi connectivity index (χ4v) is 2.33. The summed E-state index contributed by atoms with van der Waals surface area (Å²) in [5.41, 5.74) is 12.8. The van der Waals surface area contributed by atoms with Crippen LogP contribution in [0, 0.1) is 6.92 Å². The maximum Gasteiger partial charge on any atom is 0.0349 e. The first-order valence-corrected chi connectivity index (χ1v) is 6.76. The molecule has 3 aromatic carbocycles. The minimum absolute atomic E-state index is 0.840. The van der Waals surface area contributed by atoms with Gasteiger partial charge in [-0.15, -0.1) is 0 Å². The van der Waals surface area contributed by atoms with Crippen LogP contribution in [0.1, 0.15) is 5.56 Å². The van der Waals surface area contributed by atoms with E-state index in [0.717, 1.165) is 16.8 Å². The van der Waals surface area contributed by atoms with Gasteiger partial charge in [0.25, 0.3) is 0 Å². The zero-order chi connectivity index (χ0) is 13.9. The smallest absolute Gasteiger partial charge is 0.0349 e. The SMILES string of the molecule is Cc1ccc(-c2cccc(-c3ccccc3)c2)cc1N. The second-order valence-electron chi connectivity index (χ2n) is 5.02. The van der Waals surface area contributed by atoms with E-state index in [1.807, 2.05) is 19.1 Å². The van der Waals surface area contributed by atoms with Gasteiger partial charge < -0.3 is 5.73 Å². The number of anilines is 1. The molecule has 0 saturated heterocycles. The summed E-state index contributed by atoms with van der Waals surface area (Å²) in [5.74, 6) is 0. The maximum absolute atomic E-state index is 6.01. The predicted octanol–water partition coefficient (Wildman–Crippen LogP) is 4.91. The molecule has 0 aliphatic heterocycles. The summed E-state index contributed by atoms with van der Waals surface area (Å²) < 4.78 is 0. The van der Waals surface area contributed by atoms with E-state index in [2.05, 4.69) is 60.7 Å². The fourth-order valence-electron chi connectivity index (χ4n) is 2.33. The highest BCUT2D eigenvalue weighted by molar-refractivity contribution is 5.75. The minimum Gasteiger partial charge on any atom is -0.398 e. The number of rotatable bonds is 2. The largest absolute Gasteiger partial charge is 0.398 e. The van der Waals surface area contributed by atoms with E-state index < -0.39 is 0 Å². The summed E-state index contributed by atoms with van der Waals surface area (Å²) in [7, 11) is 0. The highest BCUT2D eigenvalue weighted by atomic mass is 14.5. The Balaban J connectivity index is 2.05. The zero-order valence-corrected chi connectivity index (χ0v) is 11.5.